The number of hydrogen-bond donors (Lipinski definition) is 0. The van der Waals surface area contributed by atoms with Gasteiger partial charge in [0, 0.05) is 0 Å². The van der Waals surface area contributed by atoms with Gasteiger partial charge in [-0.2, -0.15) is 0 Å². The second kappa shape index (κ2) is 31.0. The molecule has 34 heavy (non-hydrogen) atoms. The van der Waals surface area contributed by atoms with Crippen molar-refractivity contribution in [2.24, 2.45) is 0 Å². The van der Waals surface area contributed by atoms with Crippen molar-refractivity contribution in [1.29, 1.82) is 0 Å². The number of rotatable bonds is 30. The van der Waals surface area contributed by atoms with Crippen molar-refractivity contribution < 1.29 is 4.39 Å². The highest BCUT2D eigenvalue weighted by atomic mass is 19.1. The fourth-order valence-corrected chi connectivity index (χ4v) is 5.15. The summed E-state index contributed by atoms with van der Waals surface area (Å²) in [7, 11) is 0. The Balaban J connectivity index is 3.11. The lowest BCUT2D eigenvalue weighted by Crippen LogP contribution is -1.91. The Bertz CT molecular complexity index is 339. The van der Waals surface area contributed by atoms with Crippen LogP contribution in [-0.2, 0) is 0 Å². The van der Waals surface area contributed by atoms with Gasteiger partial charge >= 0.3 is 0 Å². The molecule has 0 aliphatic carbocycles. The van der Waals surface area contributed by atoms with Crippen LogP contribution in [0, 0.1) is 6.17 Å². The summed E-state index contributed by atoms with van der Waals surface area (Å²) in [6, 6.07) is 0. The first kappa shape index (κ1) is 33.9. The molecule has 0 aromatic carbocycles. The Morgan fingerprint density at radius 3 is 0.676 bits per heavy atom. The van der Waals surface area contributed by atoms with Gasteiger partial charge in [-0.3, -0.25) is 0 Å². The van der Waals surface area contributed by atoms with E-state index >= 15 is 0 Å². The Kier molecular flexibility index (Phi) is 30.9. The number of hydrogen-bond acceptors (Lipinski definition) is 0. The zero-order chi connectivity index (χ0) is 24.8. The molecule has 0 heterocycles. The summed E-state index contributed by atoms with van der Waals surface area (Å²) in [4.78, 5) is 0. The van der Waals surface area contributed by atoms with Gasteiger partial charge in [-0.05, 0) is 12.8 Å². The first-order valence-electron chi connectivity index (χ1n) is 16.3. The summed E-state index contributed by atoms with van der Waals surface area (Å²) in [5.41, 5.74) is 0. The van der Waals surface area contributed by atoms with Crippen molar-refractivity contribution in [2.75, 3.05) is 0 Å². The standard InChI is InChI=1S/C33H66F/c1-3-5-7-9-11-13-14-15-16-17-18-19-20-21-22-24-26-28-30-32-33(34)31-29-27-25-23-12-10-8-6-4-2/h3-32H2,1-2H3. The van der Waals surface area contributed by atoms with Crippen LogP contribution < -0.4 is 0 Å². The highest BCUT2D eigenvalue weighted by molar-refractivity contribution is 4.75. The molecule has 0 saturated heterocycles. The van der Waals surface area contributed by atoms with Crippen LogP contribution in [0.5, 0.6) is 0 Å². The minimum Gasteiger partial charge on any atom is -0.240 e. The van der Waals surface area contributed by atoms with Gasteiger partial charge in [0.2, 0.25) is 0 Å². The number of unbranched alkanes of at least 4 members (excludes halogenated alkanes) is 26. The maximum absolute atomic E-state index is 14.0. The molecule has 0 bridgehead atoms. The zero-order valence-electron chi connectivity index (χ0n) is 24.1. The molecule has 0 fully saturated rings. The van der Waals surface area contributed by atoms with Gasteiger partial charge in [-0.1, -0.05) is 194 Å². The summed E-state index contributed by atoms with van der Waals surface area (Å²) < 4.78 is 14.0. The van der Waals surface area contributed by atoms with E-state index in [0.717, 1.165) is 25.7 Å². The van der Waals surface area contributed by atoms with Gasteiger partial charge in [0.1, 0.15) is 6.17 Å². The molecule has 0 aliphatic rings. The highest BCUT2D eigenvalue weighted by Crippen LogP contribution is 2.22. The predicted octanol–water partition coefficient (Wildman–Crippen LogP) is 13.2. The maximum atomic E-state index is 14.0. The molecular formula is C33H66F. The normalized spacial score (nSPS) is 11.6. The van der Waals surface area contributed by atoms with E-state index in [1.54, 1.807) is 0 Å². The fourth-order valence-electron chi connectivity index (χ4n) is 5.15. The van der Waals surface area contributed by atoms with Gasteiger partial charge < -0.3 is 0 Å². The third-order valence-electron chi connectivity index (χ3n) is 7.60. The van der Waals surface area contributed by atoms with Crippen LogP contribution in [0.25, 0.3) is 0 Å². The van der Waals surface area contributed by atoms with E-state index in [0.29, 0.717) is 0 Å². The first-order chi connectivity index (χ1) is 16.8. The topological polar surface area (TPSA) is 0 Å². The van der Waals surface area contributed by atoms with E-state index in [2.05, 4.69) is 13.8 Å². The number of halogens is 1. The Morgan fingerprint density at radius 1 is 0.294 bits per heavy atom. The Morgan fingerprint density at radius 2 is 0.471 bits per heavy atom. The summed E-state index contributed by atoms with van der Waals surface area (Å²) in [6.07, 6.45) is 40.1. The van der Waals surface area contributed by atoms with E-state index in [1.807, 2.05) is 0 Å². The first-order valence-corrected chi connectivity index (χ1v) is 16.3. The largest absolute Gasteiger partial charge is 0.240 e. The van der Waals surface area contributed by atoms with Crippen LogP contribution in [0.2, 0.25) is 0 Å². The molecular weight excluding hydrogens is 415 g/mol. The average molecular weight is 482 g/mol. The van der Waals surface area contributed by atoms with Crippen molar-refractivity contribution in [1.82, 2.24) is 0 Å². The molecule has 0 aromatic heterocycles. The van der Waals surface area contributed by atoms with Crippen molar-refractivity contribution >= 4 is 0 Å². The second-order valence-corrected chi connectivity index (χ2v) is 11.2. The van der Waals surface area contributed by atoms with E-state index in [1.165, 1.54) is 167 Å². The third-order valence-corrected chi connectivity index (χ3v) is 7.60. The summed E-state index contributed by atoms with van der Waals surface area (Å²) >= 11 is 0. The molecule has 205 valence electrons. The lowest BCUT2D eigenvalue weighted by molar-refractivity contribution is 0.397. The van der Waals surface area contributed by atoms with E-state index in [9.17, 15) is 4.39 Å². The summed E-state index contributed by atoms with van der Waals surface area (Å²) in [6.45, 7) is 4.57. The van der Waals surface area contributed by atoms with Crippen LogP contribution in [0.3, 0.4) is 0 Å². The molecule has 0 N–H and O–H groups in total. The summed E-state index contributed by atoms with van der Waals surface area (Å²) in [5, 5.41) is 0. The van der Waals surface area contributed by atoms with E-state index in [4.69, 9.17) is 0 Å². The van der Waals surface area contributed by atoms with Crippen LogP contribution in [0.15, 0.2) is 0 Å². The maximum Gasteiger partial charge on any atom is 0.144 e. The average Bonchev–Trinajstić information content (AvgIpc) is 2.84. The van der Waals surface area contributed by atoms with E-state index in [-0.39, 0.29) is 6.17 Å². The van der Waals surface area contributed by atoms with E-state index < -0.39 is 0 Å². The van der Waals surface area contributed by atoms with Crippen molar-refractivity contribution in [2.45, 2.75) is 206 Å². The van der Waals surface area contributed by atoms with Gasteiger partial charge in [-0.25, -0.2) is 4.39 Å². The molecule has 0 saturated carbocycles. The lowest BCUT2D eigenvalue weighted by Gasteiger charge is -2.07. The van der Waals surface area contributed by atoms with Crippen LogP contribution in [0.1, 0.15) is 206 Å². The molecule has 0 unspecified atom stereocenters. The quantitative estimate of drug-likeness (QED) is 0.0894. The van der Waals surface area contributed by atoms with Gasteiger partial charge in [0.05, 0.1) is 0 Å². The van der Waals surface area contributed by atoms with Gasteiger partial charge in [0.15, 0.2) is 0 Å². The van der Waals surface area contributed by atoms with Crippen LogP contribution in [-0.4, -0.2) is 0 Å². The fraction of sp³-hybridized carbons (Fsp3) is 0.970. The minimum absolute atomic E-state index is 0.273. The predicted molar refractivity (Wildman–Crippen MR) is 154 cm³/mol. The highest BCUT2D eigenvalue weighted by Gasteiger charge is 2.07. The lowest BCUT2D eigenvalue weighted by atomic mass is 10.0. The molecule has 1 heteroatoms. The molecule has 0 amide bonds. The summed E-state index contributed by atoms with van der Waals surface area (Å²) in [5.74, 6) is 0. The Labute approximate surface area is 217 Å². The molecule has 0 nitrogen and oxygen atoms in total. The van der Waals surface area contributed by atoms with Crippen molar-refractivity contribution in [3.63, 3.8) is 0 Å². The van der Waals surface area contributed by atoms with Crippen LogP contribution >= 0.6 is 0 Å². The van der Waals surface area contributed by atoms with Crippen molar-refractivity contribution in [3.8, 4) is 0 Å². The molecule has 0 rings (SSSR count). The van der Waals surface area contributed by atoms with Crippen molar-refractivity contribution in [3.05, 3.63) is 6.17 Å². The van der Waals surface area contributed by atoms with Crippen LogP contribution in [0.4, 0.5) is 4.39 Å². The second-order valence-electron chi connectivity index (χ2n) is 11.2. The van der Waals surface area contributed by atoms with Gasteiger partial charge in [0.25, 0.3) is 0 Å². The molecule has 0 aromatic rings. The third kappa shape index (κ3) is 30.0. The molecule has 0 aliphatic heterocycles. The smallest absolute Gasteiger partial charge is 0.144 e. The molecule has 0 spiro atoms. The monoisotopic (exact) mass is 482 g/mol. The zero-order valence-corrected chi connectivity index (χ0v) is 24.1. The Hall–Kier alpha value is -0.0700. The molecule has 0 atom stereocenters. The van der Waals surface area contributed by atoms with Gasteiger partial charge in [-0.15, -0.1) is 0 Å². The SMILES string of the molecule is CCCCCCCCCCCCCCCCCCCCC[C](F)CCCCCCCCCCC. The minimum atomic E-state index is 0.273. The molecule has 1 radical (unpaired) electrons.